The number of hydrogen-bond donors (Lipinski definition) is 2. The number of carboxylic acids is 1. The molecular formula is C22H22FNO3. The number of nitrogens with one attached hydrogen (secondary N) is 1. The highest BCUT2D eigenvalue weighted by Crippen LogP contribution is 2.30. The van der Waals surface area contributed by atoms with Crippen molar-refractivity contribution in [2.45, 2.75) is 38.5 Å². The van der Waals surface area contributed by atoms with E-state index < -0.39 is 17.7 Å². The smallest absolute Gasteiger partial charge is 0.311 e. The molecule has 27 heavy (non-hydrogen) atoms. The lowest BCUT2D eigenvalue weighted by atomic mass is 9.85. The average molecular weight is 367 g/mol. The number of carbonyl (C=O) groups excluding carboxylic acids is 1. The van der Waals surface area contributed by atoms with Gasteiger partial charge in [0, 0.05) is 29.1 Å². The summed E-state index contributed by atoms with van der Waals surface area (Å²) in [6.07, 6.45) is 1.35. The number of aromatic amines is 1. The number of aliphatic carboxylic acids is 1. The Bertz CT molecular complexity index is 997. The van der Waals surface area contributed by atoms with E-state index in [2.05, 4.69) is 25.8 Å². The number of Topliss-reactive ketones (excluding diaryl/α,β-unsaturated/α-hetero) is 1. The van der Waals surface area contributed by atoms with Crippen LogP contribution >= 0.6 is 0 Å². The first-order valence-corrected chi connectivity index (χ1v) is 8.80. The maximum Gasteiger partial charge on any atom is 0.311 e. The number of benzene rings is 2. The summed E-state index contributed by atoms with van der Waals surface area (Å²) in [5.41, 5.74) is 2.59. The van der Waals surface area contributed by atoms with Crippen molar-refractivity contribution < 1.29 is 19.1 Å². The van der Waals surface area contributed by atoms with Crippen molar-refractivity contribution in [1.82, 2.24) is 4.98 Å². The van der Waals surface area contributed by atoms with Crippen LogP contribution in [0.4, 0.5) is 4.39 Å². The van der Waals surface area contributed by atoms with Gasteiger partial charge in [-0.2, -0.15) is 0 Å². The first-order chi connectivity index (χ1) is 12.7. The number of H-pyrrole nitrogens is 1. The standard InChI is InChI=1S/C22H22FNO3/c1-22(2,3)14-6-4-13(5-7-14)20(25)11-17(21(26)27)18-12-24-19-9-8-15(23)10-16(18)19/h4-10,12,17,24H,11H2,1-3H3,(H,26,27). The summed E-state index contributed by atoms with van der Waals surface area (Å²) < 4.78 is 13.6. The average Bonchev–Trinajstić information content (AvgIpc) is 3.01. The molecule has 3 aromatic rings. The molecule has 1 aromatic heterocycles. The van der Waals surface area contributed by atoms with Gasteiger partial charge in [0.05, 0.1) is 5.92 Å². The van der Waals surface area contributed by atoms with Crippen LogP contribution in [0.2, 0.25) is 0 Å². The summed E-state index contributed by atoms with van der Waals surface area (Å²) in [7, 11) is 0. The molecule has 1 heterocycles. The molecule has 0 aliphatic rings. The summed E-state index contributed by atoms with van der Waals surface area (Å²) >= 11 is 0. The molecule has 2 N–H and O–H groups in total. The number of carboxylic acid groups (broad SMARTS) is 1. The Balaban J connectivity index is 1.89. The molecule has 0 spiro atoms. The lowest BCUT2D eigenvalue weighted by Gasteiger charge is -2.19. The third kappa shape index (κ3) is 3.92. The zero-order valence-electron chi connectivity index (χ0n) is 15.5. The fourth-order valence-electron chi connectivity index (χ4n) is 3.19. The quantitative estimate of drug-likeness (QED) is 0.620. The van der Waals surface area contributed by atoms with Gasteiger partial charge in [-0.1, -0.05) is 45.0 Å². The van der Waals surface area contributed by atoms with Gasteiger partial charge in [-0.3, -0.25) is 9.59 Å². The van der Waals surface area contributed by atoms with Gasteiger partial charge in [0.2, 0.25) is 0 Å². The highest BCUT2D eigenvalue weighted by atomic mass is 19.1. The second-order valence-corrected chi connectivity index (χ2v) is 7.78. The number of carbonyl (C=O) groups is 2. The van der Waals surface area contributed by atoms with Gasteiger partial charge in [0.1, 0.15) is 5.82 Å². The first-order valence-electron chi connectivity index (χ1n) is 8.80. The zero-order chi connectivity index (χ0) is 19.8. The largest absolute Gasteiger partial charge is 0.481 e. The molecule has 1 atom stereocenters. The monoisotopic (exact) mass is 367 g/mol. The van der Waals surface area contributed by atoms with Crippen LogP contribution < -0.4 is 0 Å². The molecule has 5 heteroatoms. The van der Waals surface area contributed by atoms with E-state index in [9.17, 15) is 19.1 Å². The van der Waals surface area contributed by atoms with Crippen molar-refractivity contribution >= 4 is 22.7 Å². The third-order valence-corrected chi connectivity index (χ3v) is 4.81. The highest BCUT2D eigenvalue weighted by molar-refractivity contribution is 6.00. The molecule has 0 aliphatic heterocycles. The maximum absolute atomic E-state index is 13.6. The summed E-state index contributed by atoms with van der Waals surface area (Å²) in [6, 6.07) is 11.4. The van der Waals surface area contributed by atoms with Crippen LogP contribution in [0.1, 0.15) is 54.6 Å². The molecule has 0 saturated carbocycles. The van der Waals surface area contributed by atoms with Crippen molar-refractivity contribution in [3.05, 3.63) is 71.2 Å². The second kappa shape index (κ2) is 6.99. The molecule has 2 aromatic carbocycles. The van der Waals surface area contributed by atoms with Crippen molar-refractivity contribution in [1.29, 1.82) is 0 Å². The van der Waals surface area contributed by atoms with Gasteiger partial charge in [-0.05, 0) is 34.7 Å². The normalized spacial score (nSPS) is 12.9. The minimum Gasteiger partial charge on any atom is -0.481 e. The molecule has 0 fully saturated rings. The zero-order valence-corrected chi connectivity index (χ0v) is 15.5. The van der Waals surface area contributed by atoms with Gasteiger partial charge in [0.15, 0.2) is 5.78 Å². The first kappa shape index (κ1) is 18.8. The van der Waals surface area contributed by atoms with Crippen molar-refractivity contribution in [3.63, 3.8) is 0 Å². The lowest BCUT2D eigenvalue weighted by molar-refractivity contribution is -0.138. The predicted octanol–water partition coefficient (Wildman–Crippen LogP) is 5.05. The van der Waals surface area contributed by atoms with Crippen LogP contribution in [-0.4, -0.2) is 21.8 Å². The van der Waals surface area contributed by atoms with Crippen LogP contribution in [0.15, 0.2) is 48.7 Å². The van der Waals surface area contributed by atoms with Crippen LogP contribution in [0.5, 0.6) is 0 Å². The molecule has 0 radical (unpaired) electrons. The van der Waals surface area contributed by atoms with Crippen molar-refractivity contribution in [2.75, 3.05) is 0 Å². The summed E-state index contributed by atoms with van der Waals surface area (Å²) in [4.78, 5) is 27.4. The molecule has 3 rings (SSSR count). The molecule has 0 aliphatic carbocycles. The fourth-order valence-corrected chi connectivity index (χ4v) is 3.19. The molecule has 1 unspecified atom stereocenters. The second-order valence-electron chi connectivity index (χ2n) is 7.78. The maximum atomic E-state index is 13.6. The van der Waals surface area contributed by atoms with E-state index in [1.54, 1.807) is 24.4 Å². The minimum absolute atomic E-state index is 0.0285. The third-order valence-electron chi connectivity index (χ3n) is 4.81. The Morgan fingerprint density at radius 1 is 1.11 bits per heavy atom. The van der Waals surface area contributed by atoms with E-state index >= 15 is 0 Å². The number of rotatable bonds is 5. The molecule has 0 bridgehead atoms. The van der Waals surface area contributed by atoms with Crippen LogP contribution in [0, 0.1) is 5.82 Å². The van der Waals surface area contributed by atoms with Gasteiger partial charge >= 0.3 is 5.97 Å². The van der Waals surface area contributed by atoms with E-state index in [1.807, 2.05) is 12.1 Å². The minimum atomic E-state index is -1.11. The molecule has 4 nitrogen and oxygen atoms in total. The molecule has 0 amide bonds. The van der Waals surface area contributed by atoms with E-state index in [4.69, 9.17) is 0 Å². The van der Waals surface area contributed by atoms with E-state index in [0.717, 1.165) is 5.56 Å². The molecular weight excluding hydrogens is 345 g/mol. The van der Waals surface area contributed by atoms with Crippen LogP contribution in [-0.2, 0) is 10.2 Å². The predicted molar refractivity (Wildman–Crippen MR) is 103 cm³/mol. The Labute approximate surface area is 157 Å². The van der Waals surface area contributed by atoms with E-state index in [1.165, 1.54) is 12.1 Å². The summed E-state index contributed by atoms with van der Waals surface area (Å²) in [6.45, 7) is 6.25. The van der Waals surface area contributed by atoms with Gasteiger partial charge in [0.25, 0.3) is 0 Å². The number of aromatic nitrogens is 1. The molecule has 0 saturated heterocycles. The van der Waals surface area contributed by atoms with Gasteiger partial charge in [-0.15, -0.1) is 0 Å². The lowest BCUT2D eigenvalue weighted by Crippen LogP contribution is -2.16. The number of ketones is 1. The number of fused-ring (bicyclic) bond motifs is 1. The fraction of sp³-hybridized carbons (Fsp3) is 0.273. The summed E-state index contributed by atoms with van der Waals surface area (Å²) in [5.74, 6) is -2.86. The van der Waals surface area contributed by atoms with Gasteiger partial charge in [-0.25, -0.2) is 4.39 Å². The Morgan fingerprint density at radius 2 is 1.78 bits per heavy atom. The number of halogens is 1. The van der Waals surface area contributed by atoms with Crippen molar-refractivity contribution in [3.8, 4) is 0 Å². The topological polar surface area (TPSA) is 70.2 Å². The number of hydrogen-bond acceptors (Lipinski definition) is 2. The molecule has 140 valence electrons. The van der Waals surface area contributed by atoms with E-state index in [-0.39, 0.29) is 17.6 Å². The summed E-state index contributed by atoms with van der Waals surface area (Å²) in [5, 5.41) is 10.1. The highest BCUT2D eigenvalue weighted by Gasteiger charge is 2.27. The van der Waals surface area contributed by atoms with E-state index in [0.29, 0.717) is 22.0 Å². The van der Waals surface area contributed by atoms with Gasteiger partial charge < -0.3 is 10.1 Å². The van der Waals surface area contributed by atoms with Crippen molar-refractivity contribution in [2.24, 2.45) is 0 Å². The Morgan fingerprint density at radius 3 is 2.37 bits per heavy atom. The Kier molecular flexibility index (Phi) is 4.87. The van der Waals surface area contributed by atoms with Crippen LogP contribution in [0.25, 0.3) is 10.9 Å². The SMILES string of the molecule is CC(C)(C)c1ccc(C(=O)CC(C(=O)O)c2c[nH]c3ccc(F)cc23)cc1. The Hall–Kier alpha value is -2.95. The van der Waals surface area contributed by atoms with Crippen LogP contribution in [0.3, 0.4) is 0 Å².